The molecule has 6 heteroatoms. The number of rotatable bonds is 7. The molecule has 0 N–H and O–H groups in total. The molecule has 2 aromatic rings. The van der Waals surface area contributed by atoms with E-state index in [0.717, 1.165) is 44.9 Å². The Kier molecular flexibility index (Phi) is 6.96. The van der Waals surface area contributed by atoms with Crippen LogP contribution in [0.5, 0.6) is 11.5 Å². The van der Waals surface area contributed by atoms with Gasteiger partial charge in [-0.2, -0.15) is 0 Å². The molecule has 0 unspecified atom stereocenters. The summed E-state index contributed by atoms with van der Waals surface area (Å²) in [6, 6.07) is 15.2. The first-order chi connectivity index (χ1) is 13.1. The second-order valence-corrected chi connectivity index (χ2v) is 7.00. The molecule has 0 saturated carbocycles. The molecule has 0 radical (unpaired) electrons. The predicted molar refractivity (Wildman–Crippen MR) is 107 cm³/mol. The number of benzene rings is 2. The number of carbonyl (C=O) groups is 1. The molecule has 3 rings (SSSR count). The molecule has 144 valence electrons. The van der Waals surface area contributed by atoms with Crippen LogP contribution >= 0.6 is 11.6 Å². The van der Waals surface area contributed by atoms with Crippen molar-refractivity contribution < 1.29 is 14.3 Å². The maximum Gasteiger partial charge on any atom is 0.260 e. The molecule has 0 atom stereocenters. The van der Waals surface area contributed by atoms with Gasteiger partial charge in [0.05, 0.1) is 7.11 Å². The van der Waals surface area contributed by atoms with Crippen molar-refractivity contribution in [3.63, 3.8) is 0 Å². The summed E-state index contributed by atoms with van der Waals surface area (Å²) in [6.07, 6.45) is 0.977. The molecular formula is C21H25ClN2O3. The van der Waals surface area contributed by atoms with E-state index < -0.39 is 0 Å². The van der Waals surface area contributed by atoms with E-state index in [2.05, 4.69) is 17.0 Å². The Bertz CT molecular complexity index is 743. The molecule has 1 aliphatic rings. The third-order valence-electron chi connectivity index (χ3n) is 4.75. The first-order valence-corrected chi connectivity index (χ1v) is 9.53. The molecule has 0 aliphatic carbocycles. The zero-order valence-corrected chi connectivity index (χ0v) is 16.3. The van der Waals surface area contributed by atoms with E-state index in [1.54, 1.807) is 31.4 Å². The minimum absolute atomic E-state index is 0.0254. The number of hydrogen-bond acceptors (Lipinski definition) is 4. The number of ether oxygens (including phenoxy) is 2. The van der Waals surface area contributed by atoms with Gasteiger partial charge < -0.3 is 14.4 Å². The van der Waals surface area contributed by atoms with Crippen molar-refractivity contribution in [2.24, 2.45) is 0 Å². The highest BCUT2D eigenvalue weighted by atomic mass is 35.5. The van der Waals surface area contributed by atoms with Crippen LogP contribution in [0.1, 0.15) is 5.56 Å². The summed E-state index contributed by atoms with van der Waals surface area (Å²) < 4.78 is 10.8. The van der Waals surface area contributed by atoms with E-state index in [0.29, 0.717) is 10.8 Å². The summed E-state index contributed by atoms with van der Waals surface area (Å²) in [5, 5.41) is 0.652. The van der Waals surface area contributed by atoms with Crippen molar-refractivity contribution in [2.75, 3.05) is 46.4 Å². The fraction of sp³-hybridized carbons (Fsp3) is 0.381. The predicted octanol–water partition coefficient (Wildman–Crippen LogP) is 3.11. The SMILES string of the molecule is COc1cccc(CCN2CCN(C(=O)COc3ccc(Cl)cc3)CC2)c1. The molecule has 1 amide bonds. The van der Waals surface area contributed by atoms with Crippen LogP contribution in [0.15, 0.2) is 48.5 Å². The quantitative estimate of drug-likeness (QED) is 0.730. The normalized spacial score (nSPS) is 14.8. The summed E-state index contributed by atoms with van der Waals surface area (Å²) in [7, 11) is 1.69. The summed E-state index contributed by atoms with van der Waals surface area (Å²) in [4.78, 5) is 16.6. The Morgan fingerprint density at radius 2 is 1.78 bits per heavy atom. The molecule has 1 fully saturated rings. The third-order valence-corrected chi connectivity index (χ3v) is 5.00. The number of carbonyl (C=O) groups excluding carboxylic acids is 1. The van der Waals surface area contributed by atoms with Crippen LogP contribution in [-0.4, -0.2) is 62.1 Å². The van der Waals surface area contributed by atoms with Gasteiger partial charge in [0.2, 0.25) is 0 Å². The number of methoxy groups -OCH3 is 1. The van der Waals surface area contributed by atoms with Crippen molar-refractivity contribution in [3.05, 3.63) is 59.1 Å². The number of halogens is 1. The van der Waals surface area contributed by atoms with Gasteiger partial charge in [0.1, 0.15) is 11.5 Å². The molecular weight excluding hydrogens is 364 g/mol. The number of piperazine rings is 1. The largest absolute Gasteiger partial charge is 0.497 e. The summed E-state index contributed by atoms with van der Waals surface area (Å²) in [6.45, 7) is 4.29. The number of nitrogens with zero attached hydrogens (tertiary/aromatic N) is 2. The third kappa shape index (κ3) is 5.88. The fourth-order valence-electron chi connectivity index (χ4n) is 3.10. The van der Waals surface area contributed by atoms with Gasteiger partial charge in [0, 0.05) is 37.7 Å². The Balaban J connectivity index is 1.38. The standard InChI is InChI=1S/C21H25ClN2O3/c1-26-20-4-2-3-17(15-20)9-10-23-11-13-24(14-12-23)21(25)16-27-19-7-5-18(22)6-8-19/h2-8,15H,9-14,16H2,1H3. The van der Waals surface area contributed by atoms with E-state index in [-0.39, 0.29) is 12.5 Å². The van der Waals surface area contributed by atoms with Gasteiger partial charge >= 0.3 is 0 Å². The Labute approximate surface area is 165 Å². The average molecular weight is 389 g/mol. The van der Waals surface area contributed by atoms with Crippen LogP contribution in [-0.2, 0) is 11.2 Å². The summed E-state index contributed by atoms with van der Waals surface area (Å²) >= 11 is 5.85. The van der Waals surface area contributed by atoms with Gasteiger partial charge in [-0.05, 0) is 48.4 Å². The number of amides is 1. The number of hydrogen-bond donors (Lipinski definition) is 0. The van der Waals surface area contributed by atoms with E-state index in [1.807, 2.05) is 17.0 Å². The lowest BCUT2D eigenvalue weighted by Crippen LogP contribution is -2.50. The lowest BCUT2D eigenvalue weighted by molar-refractivity contribution is -0.135. The van der Waals surface area contributed by atoms with Crippen LogP contribution in [0.4, 0.5) is 0 Å². The second kappa shape index (κ2) is 9.62. The highest BCUT2D eigenvalue weighted by Crippen LogP contribution is 2.16. The summed E-state index contributed by atoms with van der Waals surface area (Å²) in [5.74, 6) is 1.57. The van der Waals surface area contributed by atoms with Gasteiger partial charge in [-0.25, -0.2) is 0 Å². The molecule has 0 spiro atoms. The first-order valence-electron chi connectivity index (χ1n) is 9.15. The molecule has 2 aromatic carbocycles. The second-order valence-electron chi connectivity index (χ2n) is 6.57. The highest BCUT2D eigenvalue weighted by Gasteiger charge is 2.21. The minimum Gasteiger partial charge on any atom is -0.497 e. The topological polar surface area (TPSA) is 42.0 Å². The van der Waals surface area contributed by atoms with Crippen molar-refractivity contribution in [3.8, 4) is 11.5 Å². The van der Waals surface area contributed by atoms with Crippen LogP contribution in [0, 0.1) is 0 Å². The molecule has 1 aliphatic heterocycles. The van der Waals surface area contributed by atoms with Crippen molar-refractivity contribution in [1.29, 1.82) is 0 Å². The maximum absolute atomic E-state index is 12.3. The van der Waals surface area contributed by atoms with Gasteiger partial charge in [-0.15, -0.1) is 0 Å². The highest BCUT2D eigenvalue weighted by molar-refractivity contribution is 6.30. The van der Waals surface area contributed by atoms with Crippen molar-refractivity contribution in [2.45, 2.75) is 6.42 Å². The van der Waals surface area contributed by atoms with Gasteiger partial charge in [0.15, 0.2) is 6.61 Å². The van der Waals surface area contributed by atoms with E-state index in [9.17, 15) is 4.79 Å². The monoisotopic (exact) mass is 388 g/mol. The Hall–Kier alpha value is -2.24. The summed E-state index contributed by atoms with van der Waals surface area (Å²) in [5.41, 5.74) is 1.27. The van der Waals surface area contributed by atoms with Crippen LogP contribution < -0.4 is 9.47 Å². The van der Waals surface area contributed by atoms with E-state index in [4.69, 9.17) is 21.1 Å². The first kappa shape index (κ1) is 19.5. The van der Waals surface area contributed by atoms with E-state index >= 15 is 0 Å². The maximum atomic E-state index is 12.3. The van der Waals surface area contributed by atoms with Crippen molar-refractivity contribution in [1.82, 2.24) is 9.80 Å². The molecule has 5 nitrogen and oxygen atoms in total. The van der Waals surface area contributed by atoms with Crippen LogP contribution in [0.25, 0.3) is 0 Å². The molecule has 0 aromatic heterocycles. The molecule has 27 heavy (non-hydrogen) atoms. The Morgan fingerprint density at radius 1 is 1.04 bits per heavy atom. The zero-order chi connectivity index (χ0) is 19.1. The molecule has 1 heterocycles. The van der Waals surface area contributed by atoms with E-state index in [1.165, 1.54) is 5.56 Å². The van der Waals surface area contributed by atoms with Gasteiger partial charge in [-0.1, -0.05) is 23.7 Å². The van der Waals surface area contributed by atoms with Gasteiger partial charge in [-0.3, -0.25) is 9.69 Å². The van der Waals surface area contributed by atoms with Gasteiger partial charge in [0.25, 0.3) is 5.91 Å². The van der Waals surface area contributed by atoms with Crippen molar-refractivity contribution >= 4 is 17.5 Å². The smallest absolute Gasteiger partial charge is 0.260 e. The zero-order valence-electron chi connectivity index (χ0n) is 15.6. The average Bonchev–Trinajstić information content (AvgIpc) is 2.72. The van der Waals surface area contributed by atoms with Crippen LogP contribution in [0.2, 0.25) is 5.02 Å². The lowest BCUT2D eigenvalue weighted by atomic mass is 10.1. The molecule has 1 saturated heterocycles. The molecule has 0 bridgehead atoms. The minimum atomic E-state index is 0.0254. The lowest BCUT2D eigenvalue weighted by Gasteiger charge is -2.34. The fourth-order valence-corrected chi connectivity index (χ4v) is 3.23. The van der Waals surface area contributed by atoms with Crippen LogP contribution in [0.3, 0.4) is 0 Å². The Morgan fingerprint density at radius 3 is 2.48 bits per heavy atom.